The van der Waals surface area contributed by atoms with Gasteiger partial charge in [-0.3, -0.25) is 14.9 Å². The number of aliphatic hydroxyl groups is 3. The van der Waals surface area contributed by atoms with Crippen molar-refractivity contribution in [3.63, 3.8) is 0 Å². The highest BCUT2D eigenvalue weighted by molar-refractivity contribution is 5.73. The number of nitrogens with zero attached hydrogens (tertiary/aromatic N) is 1. The van der Waals surface area contributed by atoms with Crippen molar-refractivity contribution in [2.45, 2.75) is 37.6 Å². The highest BCUT2D eigenvalue weighted by Crippen LogP contribution is 2.25. The first kappa shape index (κ1) is 18.1. The Morgan fingerprint density at radius 1 is 1.33 bits per heavy atom. The monoisotopic (exact) mass is 342 g/mol. The summed E-state index contributed by atoms with van der Waals surface area (Å²) in [7, 11) is 0. The van der Waals surface area contributed by atoms with Crippen molar-refractivity contribution in [1.29, 1.82) is 0 Å². The lowest BCUT2D eigenvalue weighted by atomic mass is 9.97. The highest BCUT2D eigenvalue weighted by atomic mass is 16.7. The molecule has 1 aromatic rings. The Kier molecular flexibility index (Phi) is 5.67. The second-order valence-corrected chi connectivity index (χ2v) is 5.30. The maximum absolute atomic E-state index is 11.3. The normalized spacial score (nSPS) is 29.8. The maximum Gasteiger partial charge on any atom is 0.269 e. The number of rotatable bonds is 5. The molecule has 1 heterocycles. The van der Waals surface area contributed by atoms with E-state index in [0.29, 0.717) is 0 Å². The topological polar surface area (TPSA) is 151 Å². The number of benzene rings is 1. The summed E-state index contributed by atoms with van der Waals surface area (Å²) in [6.45, 7) is 0.658. The molecule has 132 valence electrons. The molecule has 1 aliphatic rings. The van der Waals surface area contributed by atoms with Crippen molar-refractivity contribution in [3.8, 4) is 5.75 Å². The molecule has 10 heteroatoms. The average Bonchev–Trinajstić information content (AvgIpc) is 2.54. The van der Waals surface area contributed by atoms with Crippen LogP contribution in [0.1, 0.15) is 6.92 Å². The molecule has 1 amide bonds. The van der Waals surface area contributed by atoms with Gasteiger partial charge in [-0.15, -0.1) is 0 Å². The Balaban J connectivity index is 2.19. The second-order valence-electron chi connectivity index (χ2n) is 5.30. The summed E-state index contributed by atoms with van der Waals surface area (Å²) in [6.07, 6.45) is -5.15. The van der Waals surface area contributed by atoms with E-state index in [9.17, 15) is 30.2 Å². The molecule has 0 bridgehead atoms. The van der Waals surface area contributed by atoms with E-state index in [-0.39, 0.29) is 11.4 Å². The molecule has 0 aliphatic carbocycles. The van der Waals surface area contributed by atoms with Crippen LogP contribution in [0, 0.1) is 10.1 Å². The molecular formula is C14H18N2O8. The summed E-state index contributed by atoms with van der Waals surface area (Å²) in [5, 5.41) is 42.3. The first-order valence-corrected chi connectivity index (χ1v) is 7.14. The first-order chi connectivity index (χ1) is 11.3. The predicted octanol–water partition coefficient (Wildman–Crippen LogP) is -1.08. The number of carbonyl (C=O) groups is 1. The van der Waals surface area contributed by atoms with E-state index < -0.39 is 48.1 Å². The largest absolute Gasteiger partial charge is 0.463 e. The molecule has 1 aliphatic heterocycles. The van der Waals surface area contributed by atoms with Gasteiger partial charge in [0.15, 0.2) is 0 Å². The highest BCUT2D eigenvalue weighted by Gasteiger charge is 2.46. The van der Waals surface area contributed by atoms with Crippen molar-refractivity contribution in [3.05, 3.63) is 34.4 Å². The van der Waals surface area contributed by atoms with Crippen molar-refractivity contribution in [1.82, 2.24) is 5.32 Å². The molecule has 5 atom stereocenters. The van der Waals surface area contributed by atoms with Crippen LogP contribution in [-0.2, 0) is 9.53 Å². The van der Waals surface area contributed by atoms with Crippen LogP contribution in [0.25, 0.3) is 0 Å². The number of aliphatic hydroxyl groups excluding tert-OH is 3. The van der Waals surface area contributed by atoms with Gasteiger partial charge < -0.3 is 30.1 Å². The Morgan fingerprint density at radius 2 is 1.96 bits per heavy atom. The Hall–Kier alpha value is -2.27. The van der Waals surface area contributed by atoms with Gasteiger partial charge in [0.05, 0.1) is 11.5 Å². The molecule has 0 spiro atoms. The lowest BCUT2D eigenvalue weighted by molar-refractivity contribution is -0.384. The Bertz CT molecular complexity index is 593. The van der Waals surface area contributed by atoms with Gasteiger partial charge in [0.1, 0.15) is 30.1 Å². The zero-order valence-corrected chi connectivity index (χ0v) is 12.7. The number of nitrogens with one attached hydrogen (secondary N) is 1. The number of hydrogen-bond donors (Lipinski definition) is 4. The summed E-state index contributed by atoms with van der Waals surface area (Å²) in [6, 6.07) is 4.02. The smallest absolute Gasteiger partial charge is 0.269 e. The van der Waals surface area contributed by atoms with E-state index >= 15 is 0 Å². The predicted molar refractivity (Wildman–Crippen MR) is 79.1 cm³/mol. The van der Waals surface area contributed by atoms with E-state index in [1.54, 1.807) is 0 Å². The number of carbonyl (C=O) groups excluding carboxylic acids is 1. The van der Waals surface area contributed by atoms with E-state index in [1.165, 1.54) is 31.2 Å². The molecule has 0 aromatic heterocycles. The standard InChI is InChI=1S/C14H18N2O8/c1-7(18)15-11-13(20)12(19)10(6-17)24-14(11)23-9-4-2-8(3-5-9)16(21)22/h2-5,10-14,17,19-20H,6H2,1H3,(H,15,18)/t10?,11-,12?,13?,14?/m0/s1. The zero-order valence-electron chi connectivity index (χ0n) is 12.7. The second kappa shape index (κ2) is 7.53. The summed E-state index contributed by atoms with van der Waals surface area (Å²) in [4.78, 5) is 21.4. The van der Waals surface area contributed by atoms with E-state index in [0.717, 1.165) is 0 Å². The summed E-state index contributed by atoms with van der Waals surface area (Å²) < 4.78 is 10.9. The number of amides is 1. The van der Waals surface area contributed by atoms with Crippen molar-refractivity contribution >= 4 is 11.6 Å². The van der Waals surface area contributed by atoms with Crippen LogP contribution in [-0.4, -0.2) is 63.4 Å². The Morgan fingerprint density at radius 3 is 2.46 bits per heavy atom. The molecular weight excluding hydrogens is 324 g/mol. The fourth-order valence-electron chi connectivity index (χ4n) is 2.35. The van der Waals surface area contributed by atoms with Crippen molar-refractivity contribution < 1.29 is 34.5 Å². The van der Waals surface area contributed by atoms with Crippen LogP contribution in [0.3, 0.4) is 0 Å². The zero-order chi connectivity index (χ0) is 17.9. The molecule has 4 unspecified atom stereocenters. The van der Waals surface area contributed by atoms with Crippen LogP contribution in [0.4, 0.5) is 5.69 Å². The van der Waals surface area contributed by atoms with Crippen molar-refractivity contribution in [2.24, 2.45) is 0 Å². The van der Waals surface area contributed by atoms with Gasteiger partial charge in [-0.1, -0.05) is 0 Å². The Labute approximate surface area is 136 Å². The lowest BCUT2D eigenvalue weighted by Gasteiger charge is -2.42. The van der Waals surface area contributed by atoms with Gasteiger partial charge >= 0.3 is 0 Å². The van der Waals surface area contributed by atoms with Gasteiger partial charge in [0, 0.05) is 19.1 Å². The molecule has 0 saturated carbocycles. The van der Waals surface area contributed by atoms with Crippen molar-refractivity contribution in [2.75, 3.05) is 6.61 Å². The minimum atomic E-state index is -1.43. The molecule has 1 saturated heterocycles. The average molecular weight is 342 g/mol. The van der Waals surface area contributed by atoms with Gasteiger partial charge in [0.25, 0.3) is 5.69 Å². The minimum absolute atomic E-state index is 0.131. The van der Waals surface area contributed by atoms with Gasteiger partial charge in [-0.25, -0.2) is 0 Å². The van der Waals surface area contributed by atoms with Crippen LogP contribution < -0.4 is 10.1 Å². The van der Waals surface area contributed by atoms with Crippen LogP contribution in [0.15, 0.2) is 24.3 Å². The molecule has 24 heavy (non-hydrogen) atoms. The van der Waals surface area contributed by atoms with E-state index in [2.05, 4.69) is 5.32 Å². The van der Waals surface area contributed by atoms with E-state index in [1.807, 2.05) is 0 Å². The lowest BCUT2D eigenvalue weighted by Crippen LogP contribution is -2.65. The van der Waals surface area contributed by atoms with Crippen LogP contribution in [0.5, 0.6) is 5.75 Å². The maximum atomic E-state index is 11.3. The van der Waals surface area contributed by atoms with Crippen LogP contribution >= 0.6 is 0 Å². The summed E-state index contributed by atoms with van der Waals surface area (Å²) in [5.41, 5.74) is -0.131. The molecule has 2 rings (SSSR count). The summed E-state index contributed by atoms with van der Waals surface area (Å²) in [5.74, 6) is -0.282. The number of non-ortho nitro benzene ring substituents is 1. The molecule has 0 radical (unpaired) electrons. The van der Waals surface area contributed by atoms with Gasteiger partial charge in [0.2, 0.25) is 12.2 Å². The first-order valence-electron chi connectivity index (χ1n) is 7.14. The quantitative estimate of drug-likeness (QED) is 0.389. The van der Waals surface area contributed by atoms with E-state index in [4.69, 9.17) is 9.47 Å². The molecule has 10 nitrogen and oxygen atoms in total. The molecule has 1 aromatic carbocycles. The van der Waals surface area contributed by atoms with Gasteiger partial charge in [-0.05, 0) is 12.1 Å². The fraction of sp³-hybridized carbons (Fsp3) is 0.500. The third-order valence-corrected chi connectivity index (χ3v) is 3.55. The fourth-order valence-corrected chi connectivity index (χ4v) is 2.35. The third kappa shape index (κ3) is 3.97. The number of hydrogen-bond acceptors (Lipinski definition) is 8. The minimum Gasteiger partial charge on any atom is -0.463 e. The summed E-state index contributed by atoms with van der Waals surface area (Å²) >= 11 is 0. The van der Waals surface area contributed by atoms with Crippen LogP contribution in [0.2, 0.25) is 0 Å². The number of ether oxygens (including phenoxy) is 2. The third-order valence-electron chi connectivity index (χ3n) is 3.55. The molecule has 1 fully saturated rings. The number of nitro benzene ring substituents is 1. The SMILES string of the molecule is CC(=O)N[C@@H]1C(Oc2ccc([N+](=O)[O-])cc2)OC(CO)C(O)C1O. The molecule has 4 N–H and O–H groups in total. The van der Waals surface area contributed by atoms with Gasteiger partial charge in [-0.2, -0.15) is 0 Å². The number of nitro groups is 1.